The monoisotopic (exact) mass is 243 g/mol. The molecule has 0 saturated carbocycles. The lowest BCUT2D eigenvalue weighted by molar-refractivity contribution is -0.385. The Labute approximate surface area is 85.0 Å². The first-order chi connectivity index (χ1) is 6.11. The quantitative estimate of drug-likeness (QED) is 0.466. The summed E-state index contributed by atoms with van der Waals surface area (Å²) in [5.74, 6) is 0. The van der Waals surface area contributed by atoms with Crippen molar-refractivity contribution in [3.8, 4) is 0 Å². The maximum atomic E-state index is 10.6. The Morgan fingerprint density at radius 3 is 2.69 bits per heavy atom. The molecule has 0 aliphatic carbocycles. The Kier molecular flexibility index (Phi) is 3.42. The molecule has 0 N–H and O–H groups in total. The van der Waals surface area contributed by atoms with Crippen molar-refractivity contribution in [1.29, 1.82) is 0 Å². The zero-order valence-electron chi connectivity index (χ0n) is 7.24. The van der Waals surface area contributed by atoms with Crippen molar-refractivity contribution in [3.05, 3.63) is 39.9 Å². The van der Waals surface area contributed by atoms with Crippen LogP contribution in [0.3, 0.4) is 0 Å². The van der Waals surface area contributed by atoms with E-state index in [4.69, 9.17) is 0 Å². The minimum atomic E-state index is -0.343. The lowest BCUT2D eigenvalue weighted by Crippen LogP contribution is -2.00. The molecule has 0 amide bonds. The van der Waals surface area contributed by atoms with Crippen LogP contribution >= 0.6 is 15.9 Å². The molecule has 1 rings (SSSR count). The second-order valence-electron chi connectivity index (χ2n) is 2.87. The number of hydrogen-bond acceptors (Lipinski definition) is 2. The van der Waals surface area contributed by atoms with Gasteiger partial charge < -0.3 is 0 Å². The van der Waals surface area contributed by atoms with Crippen LogP contribution < -0.4 is 0 Å². The number of para-hydroxylation sites is 1. The van der Waals surface area contributed by atoms with Crippen LogP contribution in [0, 0.1) is 10.1 Å². The summed E-state index contributed by atoms with van der Waals surface area (Å²) in [6.45, 7) is 1.97. The molecule has 1 aromatic carbocycles. The summed E-state index contributed by atoms with van der Waals surface area (Å²) in [6, 6.07) is 6.82. The molecule has 70 valence electrons. The van der Waals surface area contributed by atoms with Crippen LogP contribution in [0.5, 0.6) is 0 Å². The lowest BCUT2D eigenvalue weighted by Gasteiger charge is -2.03. The van der Waals surface area contributed by atoms with Crippen molar-refractivity contribution in [1.82, 2.24) is 0 Å². The Bertz CT molecular complexity index is 312. The van der Waals surface area contributed by atoms with E-state index in [2.05, 4.69) is 15.9 Å². The van der Waals surface area contributed by atoms with Crippen molar-refractivity contribution in [2.24, 2.45) is 0 Å². The van der Waals surface area contributed by atoms with Crippen LogP contribution in [0.2, 0.25) is 0 Å². The third-order valence-corrected chi connectivity index (χ3v) is 2.01. The smallest absolute Gasteiger partial charge is 0.258 e. The van der Waals surface area contributed by atoms with Crippen LogP contribution in [0.15, 0.2) is 24.3 Å². The largest absolute Gasteiger partial charge is 0.272 e. The molecule has 0 spiro atoms. The Morgan fingerprint density at radius 1 is 1.54 bits per heavy atom. The summed E-state index contributed by atoms with van der Waals surface area (Å²) in [5.41, 5.74) is 0.977. The van der Waals surface area contributed by atoms with Crippen molar-refractivity contribution in [2.75, 3.05) is 0 Å². The lowest BCUT2D eigenvalue weighted by atomic mass is 10.1. The molecular weight excluding hydrogens is 234 g/mol. The van der Waals surface area contributed by atoms with Crippen LogP contribution in [-0.4, -0.2) is 9.75 Å². The molecule has 1 unspecified atom stereocenters. The van der Waals surface area contributed by atoms with Crippen molar-refractivity contribution in [3.63, 3.8) is 0 Å². The highest BCUT2D eigenvalue weighted by Gasteiger charge is 2.13. The van der Waals surface area contributed by atoms with Crippen molar-refractivity contribution in [2.45, 2.75) is 18.2 Å². The number of alkyl halides is 1. The van der Waals surface area contributed by atoms with E-state index >= 15 is 0 Å². The van der Waals surface area contributed by atoms with E-state index in [0.29, 0.717) is 6.42 Å². The summed E-state index contributed by atoms with van der Waals surface area (Å²) in [7, 11) is 0. The predicted molar refractivity (Wildman–Crippen MR) is 55.2 cm³/mol. The van der Waals surface area contributed by atoms with E-state index in [1.165, 1.54) is 6.07 Å². The zero-order chi connectivity index (χ0) is 9.84. The van der Waals surface area contributed by atoms with Gasteiger partial charge in [0.2, 0.25) is 0 Å². The van der Waals surface area contributed by atoms with Gasteiger partial charge in [0.25, 0.3) is 5.69 Å². The molecule has 0 aliphatic rings. The second kappa shape index (κ2) is 4.37. The summed E-state index contributed by atoms with van der Waals surface area (Å²) in [5, 5.41) is 10.6. The molecular formula is C9H10BrNO2. The minimum Gasteiger partial charge on any atom is -0.258 e. The molecule has 0 fully saturated rings. The molecule has 1 aromatic rings. The first-order valence-electron chi connectivity index (χ1n) is 3.97. The molecule has 0 saturated heterocycles. The van der Waals surface area contributed by atoms with Gasteiger partial charge in [-0.1, -0.05) is 41.1 Å². The molecule has 0 bridgehead atoms. The highest BCUT2D eigenvalue weighted by Crippen LogP contribution is 2.20. The Balaban J connectivity index is 2.98. The summed E-state index contributed by atoms with van der Waals surface area (Å²) >= 11 is 3.37. The second-order valence-corrected chi connectivity index (χ2v) is 4.43. The van der Waals surface area contributed by atoms with Crippen LogP contribution in [-0.2, 0) is 6.42 Å². The first kappa shape index (κ1) is 10.2. The van der Waals surface area contributed by atoms with E-state index in [1.54, 1.807) is 12.1 Å². The number of rotatable bonds is 3. The van der Waals surface area contributed by atoms with Gasteiger partial charge in [-0.25, -0.2) is 0 Å². The summed E-state index contributed by atoms with van der Waals surface area (Å²) in [6.07, 6.45) is 0.678. The number of nitro groups is 1. The highest BCUT2D eigenvalue weighted by atomic mass is 79.9. The van der Waals surface area contributed by atoms with Gasteiger partial charge in [-0.05, 0) is 6.42 Å². The van der Waals surface area contributed by atoms with E-state index in [0.717, 1.165) is 5.56 Å². The predicted octanol–water partition coefficient (Wildman–Crippen LogP) is 2.92. The van der Waals surface area contributed by atoms with E-state index in [-0.39, 0.29) is 15.4 Å². The molecule has 0 radical (unpaired) electrons. The van der Waals surface area contributed by atoms with Gasteiger partial charge in [0, 0.05) is 16.5 Å². The van der Waals surface area contributed by atoms with E-state index in [1.807, 2.05) is 13.0 Å². The molecule has 13 heavy (non-hydrogen) atoms. The average molecular weight is 244 g/mol. The molecule has 1 atom stereocenters. The van der Waals surface area contributed by atoms with Gasteiger partial charge in [-0.2, -0.15) is 0 Å². The Morgan fingerprint density at radius 2 is 2.15 bits per heavy atom. The third kappa shape index (κ3) is 2.81. The van der Waals surface area contributed by atoms with Crippen molar-refractivity contribution >= 4 is 21.6 Å². The van der Waals surface area contributed by atoms with Crippen LogP contribution in [0.4, 0.5) is 5.69 Å². The standard InChI is InChI=1S/C9H10BrNO2/c1-7(10)6-8-4-2-3-5-9(8)11(12)13/h2-5,7H,6H2,1H3. The minimum absolute atomic E-state index is 0.203. The molecule has 0 aliphatic heterocycles. The van der Waals surface area contributed by atoms with Gasteiger partial charge in [-0.15, -0.1) is 0 Å². The SMILES string of the molecule is CC(Br)Cc1ccccc1[N+](=O)[O-]. The van der Waals surface area contributed by atoms with Gasteiger partial charge in [0.1, 0.15) is 0 Å². The maximum Gasteiger partial charge on any atom is 0.272 e. The third-order valence-electron chi connectivity index (χ3n) is 1.69. The molecule has 0 heterocycles. The fourth-order valence-electron chi connectivity index (χ4n) is 1.16. The fourth-order valence-corrected chi connectivity index (χ4v) is 1.51. The fraction of sp³-hybridized carbons (Fsp3) is 0.333. The van der Waals surface area contributed by atoms with E-state index in [9.17, 15) is 10.1 Å². The molecule has 3 nitrogen and oxygen atoms in total. The van der Waals surface area contributed by atoms with Crippen molar-refractivity contribution < 1.29 is 4.92 Å². The Hall–Kier alpha value is -0.900. The summed E-state index contributed by atoms with van der Waals surface area (Å²) in [4.78, 5) is 10.5. The van der Waals surface area contributed by atoms with Gasteiger partial charge in [0.15, 0.2) is 0 Å². The topological polar surface area (TPSA) is 43.1 Å². The highest BCUT2D eigenvalue weighted by molar-refractivity contribution is 9.09. The zero-order valence-corrected chi connectivity index (χ0v) is 8.82. The molecule has 0 aromatic heterocycles. The van der Waals surface area contributed by atoms with Crippen LogP contribution in [0.25, 0.3) is 0 Å². The maximum absolute atomic E-state index is 10.6. The number of benzene rings is 1. The number of halogens is 1. The van der Waals surface area contributed by atoms with Gasteiger partial charge in [-0.3, -0.25) is 10.1 Å². The first-order valence-corrected chi connectivity index (χ1v) is 4.89. The average Bonchev–Trinajstić information content (AvgIpc) is 2.03. The van der Waals surface area contributed by atoms with Crippen LogP contribution in [0.1, 0.15) is 12.5 Å². The number of hydrogen-bond donors (Lipinski definition) is 0. The van der Waals surface area contributed by atoms with Gasteiger partial charge >= 0.3 is 0 Å². The number of nitro benzene ring substituents is 1. The van der Waals surface area contributed by atoms with E-state index < -0.39 is 0 Å². The number of nitrogens with zero attached hydrogens (tertiary/aromatic N) is 1. The normalized spacial score (nSPS) is 12.5. The van der Waals surface area contributed by atoms with Gasteiger partial charge in [0.05, 0.1) is 4.92 Å². The molecule has 4 heteroatoms. The summed E-state index contributed by atoms with van der Waals surface area (Å²) < 4.78 is 0.